The van der Waals surface area contributed by atoms with Crippen LogP contribution in [0.1, 0.15) is 46.0 Å². The number of carbonyl (C=O) groups excluding carboxylic acids is 1. The number of ether oxygens (including phenoxy) is 2. The first-order valence-corrected chi connectivity index (χ1v) is 7.34. The number of hydrogen-bond acceptors (Lipinski definition) is 4. The van der Waals surface area contributed by atoms with Gasteiger partial charge in [-0.2, -0.15) is 0 Å². The topological polar surface area (TPSA) is 72.8 Å². The number of aliphatic carboxylic acids is 1. The number of esters is 1. The van der Waals surface area contributed by atoms with E-state index in [0.717, 1.165) is 25.7 Å². The zero-order chi connectivity index (χ0) is 15.2. The van der Waals surface area contributed by atoms with Crippen LogP contribution in [0.15, 0.2) is 0 Å². The predicted molar refractivity (Wildman–Crippen MR) is 74.3 cm³/mol. The van der Waals surface area contributed by atoms with E-state index in [2.05, 4.69) is 0 Å². The van der Waals surface area contributed by atoms with Crippen LogP contribution in [-0.4, -0.2) is 37.4 Å². The standard InChI is InChI=1S/C15H26O5/c1-11(2)10-20-9-8-15(13(16)17,14(18)19-3)12-6-4-5-7-12/h11-12H,4-10H2,1-3H3,(H,16,17). The molecule has 1 N–H and O–H groups in total. The Morgan fingerprint density at radius 3 is 2.35 bits per heavy atom. The van der Waals surface area contributed by atoms with E-state index in [4.69, 9.17) is 9.47 Å². The second-order valence-electron chi connectivity index (χ2n) is 5.97. The van der Waals surface area contributed by atoms with Crippen molar-refractivity contribution in [2.75, 3.05) is 20.3 Å². The molecule has 1 saturated carbocycles. The Labute approximate surface area is 120 Å². The Kier molecular flexibility index (Phi) is 6.46. The van der Waals surface area contributed by atoms with Crippen LogP contribution in [0.2, 0.25) is 0 Å². The maximum atomic E-state index is 12.1. The van der Waals surface area contributed by atoms with Crippen molar-refractivity contribution in [3.8, 4) is 0 Å². The van der Waals surface area contributed by atoms with E-state index in [1.165, 1.54) is 7.11 Å². The highest BCUT2D eigenvalue weighted by molar-refractivity contribution is 5.99. The average Bonchev–Trinajstić information content (AvgIpc) is 2.91. The molecule has 0 aromatic rings. The van der Waals surface area contributed by atoms with Gasteiger partial charge in [0.25, 0.3) is 0 Å². The largest absolute Gasteiger partial charge is 0.480 e. The van der Waals surface area contributed by atoms with Crippen molar-refractivity contribution >= 4 is 11.9 Å². The maximum Gasteiger partial charge on any atom is 0.323 e. The smallest absolute Gasteiger partial charge is 0.323 e. The summed E-state index contributed by atoms with van der Waals surface area (Å²) < 4.78 is 10.3. The summed E-state index contributed by atoms with van der Waals surface area (Å²) in [4.78, 5) is 23.9. The minimum absolute atomic E-state index is 0.143. The molecule has 0 bridgehead atoms. The van der Waals surface area contributed by atoms with Gasteiger partial charge in [-0.05, 0) is 31.1 Å². The molecular formula is C15H26O5. The Morgan fingerprint density at radius 1 is 1.30 bits per heavy atom. The monoisotopic (exact) mass is 286 g/mol. The van der Waals surface area contributed by atoms with Crippen LogP contribution in [0.3, 0.4) is 0 Å². The number of carbonyl (C=O) groups is 2. The van der Waals surface area contributed by atoms with Crippen LogP contribution in [0, 0.1) is 17.3 Å². The zero-order valence-electron chi connectivity index (χ0n) is 12.7. The van der Waals surface area contributed by atoms with Crippen LogP contribution in [0.25, 0.3) is 0 Å². The summed E-state index contributed by atoms with van der Waals surface area (Å²) in [6.07, 6.45) is 3.68. The first kappa shape index (κ1) is 17.0. The summed E-state index contributed by atoms with van der Waals surface area (Å²) >= 11 is 0. The van der Waals surface area contributed by atoms with E-state index >= 15 is 0 Å². The van der Waals surface area contributed by atoms with Gasteiger partial charge in [-0.25, -0.2) is 0 Å². The highest BCUT2D eigenvalue weighted by atomic mass is 16.5. The van der Waals surface area contributed by atoms with Crippen molar-refractivity contribution in [3.05, 3.63) is 0 Å². The molecule has 0 aliphatic heterocycles. The molecule has 0 radical (unpaired) electrons. The molecule has 1 aliphatic rings. The molecule has 1 rings (SSSR count). The van der Waals surface area contributed by atoms with Crippen molar-refractivity contribution in [3.63, 3.8) is 0 Å². The van der Waals surface area contributed by atoms with Gasteiger partial charge >= 0.3 is 11.9 Å². The molecule has 20 heavy (non-hydrogen) atoms. The number of methoxy groups -OCH3 is 1. The third-order valence-corrected chi connectivity index (χ3v) is 4.08. The lowest BCUT2D eigenvalue weighted by molar-refractivity contribution is -0.173. The van der Waals surface area contributed by atoms with Crippen molar-refractivity contribution in [1.82, 2.24) is 0 Å². The lowest BCUT2D eigenvalue weighted by atomic mass is 9.72. The molecule has 0 aromatic heterocycles. The maximum absolute atomic E-state index is 12.1. The number of carboxylic acids is 1. The van der Waals surface area contributed by atoms with E-state index in [0.29, 0.717) is 12.5 Å². The van der Waals surface area contributed by atoms with Gasteiger partial charge < -0.3 is 14.6 Å². The fourth-order valence-corrected chi connectivity index (χ4v) is 2.99. The van der Waals surface area contributed by atoms with Crippen molar-refractivity contribution in [2.45, 2.75) is 46.0 Å². The highest BCUT2D eigenvalue weighted by Crippen LogP contribution is 2.43. The zero-order valence-corrected chi connectivity index (χ0v) is 12.7. The van der Waals surface area contributed by atoms with Gasteiger partial charge in [0.2, 0.25) is 0 Å². The fraction of sp³-hybridized carbons (Fsp3) is 0.867. The normalized spacial score (nSPS) is 19.0. The van der Waals surface area contributed by atoms with Crippen molar-refractivity contribution in [1.29, 1.82) is 0 Å². The van der Waals surface area contributed by atoms with Gasteiger partial charge in [-0.3, -0.25) is 9.59 Å². The lowest BCUT2D eigenvalue weighted by Crippen LogP contribution is -2.46. The van der Waals surface area contributed by atoms with E-state index in [9.17, 15) is 14.7 Å². The number of carboxylic acid groups (broad SMARTS) is 1. The molecule has 0 amide bonds. The third-order valence-electron chi connectivity index (χ3n) is 4.08. The Morgan fingerprint density at radius 2 is 1.90 bits per heavy atom. The molecule has 116 valence electrons. The second-order valence-corrected chi connectivity index (χ2v) is 5.97. The molecule has 5 nitrogen and oxygen atoms in total. The van der Waals surface area contributed by atoms with E-state index in [-0.39, 0.29) is 18.9 Å². The van der Waals surface area contributed by atoms with Crippen LogP contribution in [0.5, 0.6) is 0 Å². The number of hydrogen-bond donors (Lipinski definition) is 1. The molecule has 1 aliphatic carbocycles. The van der Waals surface area contributed by atoms with Gasteiger partial charge in [0.15, 0.2) is 5.41 Å². The van der Waals surface area contributed by atoms with Gasteiger partial charge in [0.1, 0.15) is 0 Å². The van der Waals surface area contributed by atoms with E-state index in [1.807, 2.05) is 13.8 Å². The Balaban J connectivity index is 2.80. The molecule has 1 unspecified atom stereocenters. The minimum atomic E-state index is -1.44. The van der Waals surface area contributed by atoms with Gasteiger partial charge in [0.05, 0.1) is 7.11 Å². The summed E-state index contributed by atoms with van der Waals surface area (Å²) in [6.45, 7) is 4.90. The summed E-state index contributed by atoms with van der Waals surface area (Å²) in [6, 6.07) is 0. The third kappa shape index (κ3) is 3.72. The van der Waals surface area contributed by atoms with Gasteiger partial charge in [-0.1, -0.05) is 26.7 Å². The van der Waals surface area contributed by atoms with E-state index in [1.54, 1.807) is 0 Å². The first-order valence-electron chi connectivity index (χ1n) is 7.34. The highest BCUT2D eigenvalue weighted by Gasteiger charge is 2.53. The van der Waals surface area contributed by atoms with E-state index < -0.39 is 17.4 Å². The summed E-state index contributed by atoms with van der Waals surface area (Å²) in [5.74, 6) is -1.47. The summed E-state index contributed by atoms with van der Waals surface area (Å²) in [5, 5.41) is 9.64. The summed E-state index contributed by atoms with van der Waals surface area (Å²) in [7, 11) is 1.25. The molecule has 5 heteroatoms. The average molecular weight is 286 g/mol. The van der Waals surface area contributed by atoms with Crippen LogP contribution in [0.4, 0.5) is 0 Å². The van der Waals surface area contributed by atoms with Crippen LogP contribution < -0.4 is 0 Å². The summed E-state index contributed by atoms with van der Waals surface area (Å²) in [5.41, 5.74) is -1.44. The predicted octanol–water partition coefficient (Wildman–Crippen LogP) is 2.48. The Hall–Kier alpha value is -1.10. The molecule has 1 atom stereocenters. The molecule has 0 saturated heterocycles. The van der Waals surface area contributed by atoms with Crippen LogP contribution >= 0.6 is 0 Å². The van der Waals surface area contributed by atoms with Crippen molar-refractivity contribution in [2.24, 2.45) is 17.3 Å². The quantitative estimate of drug-likeness (QED) is 0.421. The molecular weight excluding hydrogens is 260 g/mol. The molecule has 1 fully saturated rings. The minimum Gasteiger partial charge on any atom is -0.480 e. The molecule has 0 heterocycles. The fourth-order valence-electron chi connectivity index (χ4n) is 2.99. The van der Waals surface area contributed by atoms with Gasteiger partial charge in [-0.15, -0.1) is 0 Å². The first-order chi connectivity index (χ1) is 9.45. The number of rotatable bonds is 8. The van der Waals surface area contributed by atoms with Gasteiger partial charge in [0, 0.05) is 13.2 Å². The second kappa shape index (κ2) is 7.62. The van der Waals surface area contributed by atoms with Crippen LogP contribution in [-0.2, 0) is 19.1 Å². The Bertz CT molecular complexity index is 333. The molecule has 0 spiro atoms. The SMILES string of the molecule is COC(=O)C(CCOCC(C)C)(C(=O)O)C1CCCC1. The molecule has 0 aromatic carbocycles. The van der Waals surface area contributed by atoms with Crippen molar-refractivity contribution < 1.29 is 24.2 Å². The lowest BCUT2D eigenvalue weighted by Gasteiger charge is -2.32.